The number of ketones is 1. The summed E-state index contributed by atoms with van der Waals surface area (Å²) in [7, 11) is 0. The third-order valence-corrected chi connectivity index (χ3v) is 3.55. The molecule has 0 saturated heterocycles. The molecular weight excluding hydrogens is 396 g/mol. The van der Waals surface area contributed by atoms with Crippen molar-refractivity contribution in [2.75, 3.05) is 66.1 Å². The lowest BCUT2D eigenvalue weighted by Gasteiger charge is -2.08. The van der Waals surface area contributed by atoms with Crippen LogP contribution >= 0.6 is 0 Å². The Morgan fingerprint density at radius 1 is 0.667 bits per heavy atom. The fourth-order valence-electron chi connectivity index (χ4n) is 2.12. The summed E-state index contributed by atoms with van der Waals surface area (Å²) in [6.45, 7) is 4.96. The second-order valence-electron chi connectivity index (χ2n) is 5.84. The zero-order valence-corrected chi connectivity index (χ0v) is 17.3. The molecule has 9 heteroatoms. The maximum Gasteiger partial charge on any atom is 0.379 e. The summed E-state index contributed by atoms with van der Waals surface area (Å²) in [6, 6.07) is 8.23. The topological polar surface area (TPSA) is 107 Å². The van der Waals surface area contributed by atoms with Gasteiger partial charge in [0.15, 0.2) is 0 Å². The van der Waals surface area contributed by atoms with E-state index >= 15 is 0 Å². The lowest BCUT2D eigenvalue weighted by atomic mass is 10.1. The van der Waals surface area contributed by atoms with Gasteiger partial charge >= 0.3 is 11.9 Å². The standard InChI is InChI=1S/C21H30O9/c1-2-29-19(22)8-9-25-10-11-26-12-13-27-14-15-28-16-17-30-21(24)20(23)18-6-4-3-5-7-18/h3-7H,2,8-17H2,1H3. The molecule has 0 heterocycles. The van der Waals surface area contributed by atoms with Gasteiger partial charge in [-0.1, -0.05) is 30.3 Å². The Labute approximate surface area is 176 Å². The molecule has 0 amide bonds. The monoisotopic (exact) mass is 426 g/mol. The maximum absolute atomic E-state index is 11.8. The third kappa shape index (κ3) is 13.0. The number of Topliss-reactive ketones (excluding diaryl/α,β-unsaturated/α-hetero) is 1. The highest BCUT2D eigenvalue weighted by Gasteiger charge is 2.16. The largest absolute Gasteiger partial charge is 0.466 e. The fraction of sp³-hybridized carbons (Fsp3) is 0.571. The van der Waals surface area contributed by atoms with Gasteiger partial charge in [0.1, 0.15) is 6.61 Å². The highest BCUT2D eigenvalue weighted by Crippen LogP contribution is 2.01. The van der Waals surface area contributed by atoms with Gasteiger partial charge in [-0.3, -0.25) is 9.59 Å². The van der Waals surface area contributed by atoms with Crippen LogP contribution in [0, 0.1) is 0 Å². The summed E-state index contributed by atoms with van der Waals surface area (Å²) < 4.78 is 30.8. The van der Waals surface area contributed by atoms with E-state index in [0.717, 1.165) is 0 Å². The van der Waals surface area contributed by atoms with Crippen molar-refractivity contribution in [1.29, 1.82) is 0 Å². The third-order valence-electron chi connectivity index (χ3n) is 3.55. The van der Waals surface area contributed by atoms with Crippen molar-refractivity contribution in [3.63, 3.8) is 0 Å². The average Bonchev–Trinajstić information content (AvgIpc) is 2.76. The van der Waals surface area contributed by atoms with E-state index in [-0.39, 0.29) is 25.6 Å². The number of rotatable bonds is 18. The van der Waals surface area contributed by atoms with Gasteiger partial charge in [0, 0.05) is 5.56 Å². The van der Waals surface area contributed by atoms with Crippen molar-refractivity contribution in [3.8, 4) is 0 Å². The Balaban J connectivity index is 1.83. The quantitative estimate of drug-likeness (QED) is 0.149. The summed E-state index contributed by atoms with van der Waals surface area (Å²) in [6.07, 6.45) is 0.236. The molecule has 0 aliphatic heterocycles. The highest BCUT2D eigenvalue weighted by molar-refractivity contribution is 6.40. The van der Waals surface area contributed by atoms with Crippen LogP contribution < -0.4 is 0 Å². The molecule has 1 aromatic rings. The van der Waals surface area contributed by atoms with Crippen molar-refractivity contribution < 1.29 is 42.8 Å². The van der Waals surface area contributed by atoms with Gasteiger partial charge in [-0.15, -0.1) is 0 Å². The van der Waals surface area contributed by atoms with E-state index < -0.39 is 11.8 Å². The smallest absolute Gasteiger partial charge is 0.379 e. The molecule has 0 fully saturated rings. The predicted octanol–water partition coefficient (Wildman–Crippen LogP) is 1.43. The second kappa shape index (κ2) is 17.5. The summed E-state index contributed by atoms with van der Waals surface area (Å²) in [4.78, 5) is 34.5. The Bertz CT molecular complexity index is 604. The molecule has 0 bridgehead atoms. The number of hydrogen-bond acceptors (Lipinski definition) is 9. The maximum atomic E-state index is 11.8. The van der Waals surface area contributed by atoms with Crippen LogP contribution in [0.2, 0.25) is 0 Å². The molecule has 0 radical (unpaired) electrons. The lowest BCUT2D eigenvalue weighted by Crippen LogP contribution is -2.20. The molecule has 0 spiro atoms. The molecule has 0 aliphatic rings. The number of ether oxygens (including phenoxy) is 6. The molecule has 30 heavy (non-hydrogen) atoms. The van der Waals surface area contributed by atoms with Gasteiger partial charge < -0.3 is 28.4 Å². The fourth-order valence-corrected chi connectivity index (χ4v) is 2.12. The van der Waals surface area contributed by atoms with Crippen molar-refractivity contribution in [3.05, 3.63) is 35.9 Å². The van der Waals surface area contributed by atoms with E-state index in [0.29, 0.717) is 58.4 Å². The predicted molar refractivity (Wildman–Crippen MR) is 106 cm³/mol. The van der Waals surface area contributed by atoms with Crippen molar-refractivity contribution in [2.45, 2.75) is 13.3 Å². The summed E-state index contributed by atoms with van der Waals surface area (Å²) in [5.74, 6) is -1.85. The van der Waals surface area contributed by atoms with Gasteiger partial charge in [-0.2, -0.15) is 0 Å². The zero-order valence-electron chi connectivity index (χ0n) is 17.3. The molecule has 0 unspecified atom stereocenters. The molecule has 0 atom stereocenters. The number of hydrogen-bond donors (Lipinski definition) is 0. The number of carbonyl (C=O) groups is 3. The van der Waals surface area contributed by atoms with Crippen LogP contribution in [0.4, 0.5) is 0 Å². The molecule has 0 aromatic heterocycles. The minimum Gasteiger partial charge on any atom is -0.466 e. The molecule has 1 aromatic carbocycles. The molecule has 1 rings (SSSR count). The Morgan fingerprint density at radius 2 is 1.17 bits per heavy atom. The minimum atomic E-state index is -0.900. The number of esters is 2. The van der Waals surface area contributed by atoms with Crippen LogP contribution in [0.1, 0.15) is 23.7 Å². The Morgan fingerprint density at radius 3 is 1.70 bits per heavy atom. The van der Waals surface area contributed by atoms with Crippen LogP contribution in [0.5, 0.6) is 0 Å². The van der Waals surface area contributed by atoms with Crippen LogP contribution in [0.25, 0.3) is 0 Å². The van der Waals surface area contributed by atoms with Crippen LogP contribution in [0.3, 0.4) is 0 Å². The normalized spacial score (nSPS) is 10.6. The van der Waals surface area contributed by atoms with Gasteiger partial charge in [0.25, 0.3) is 5.78 Å². The number of carbonyl (C=O) groups excluding carboxylic acids is 3. The highest BCUT2D eigenvalue weighted by atomic mass is 16.6. The lowest BCUT2D eigenvalue weighted by molar-refractivity contribution is -0.144. The molecular formula is C21H30O9. The summed E-state index contributed by atoms with van der Waals surface area (Å²) in [5.41, 5.74) is 0.294. The first-order chi connectivity index (χ1) is 14.6. The SMILES string of the molecule is CCOC(=O)CCOCCOCCOCCOCCOC(=O)C(=O)c1ccccc1. The molecule has 0 aliphatic carbocycles. The molecule has 0 saturated carbocycles. The first-order valence-corrected chi connectivity index (χ1v) is 9.88. The molecule has 168 valence electrons. The van der Waals surface area contributed by atoms with Crippen molar-refractivity contribution >= 4 is 17.7 Å². The number of benzene rings is 1. The van der Waals surface area contributed by atoms with E-state index in [1.165, 1.54) is 0 Å². The van der Waals surface area contributed by atoms with Gasteiger partial charge in [-0.05, 0) is 6.92 Å². The van der Waals surface area contributed by atoms with E-state index in [2.05, 4.69) is 0 Å². The zero-order chi connectivity index (χ0) is 21.9. The Kier molecular flexibility index (Phi) is 15.0. The van der Waals surface area contributed by atoms with E-state index in [4.69, 9.17) is 28.4 Å². The van der Waals surface area contributed by atoms with Gasteiger partial charge in [0.05, 0.1) is 65.9 Å². The van der Waals surface area contributed by atoms with E-state index in [1.54, 1.807) is 37.3 Å². The molecule has 9 nitrogen and oxygen atoms in total. The minimum absolute atomic E-state index is 0.00329. The average molecular weight is 426 g/mol. The molecule has 0 N–H and O–H groups in total. The first-order valence-electron chi connectivity index (χ1n) is 9.88. The Hall–Kier alpha value is -2.33. The van der Waals surface area contributed by atoms with Crippen molar-refractivity contribution in [2.24, 2.45) is 0 Å². The van der Waals surface area contributed by atoms with E-state index in [1.807, 2.05) is 0 Å². The van der Waals surface area contributed by atoms with Gasteiger partial charge in [-0.25, -0.2) is 4.79 Å². The van der Waals surface area contributed by atoms with Crippen molar-refractivity contribution in [1.82, 2.24) is 0 Å². The summed E-state index contributed by atoms with van der Waals surface area (Å²) >= 11 is 0. The summed E-state index contributed by atoms with van der Waals surface area (Å²) in [5, 5.41) is 0. The van der Waals surface area contributed by atoms with Gasteiger partial charge in [0.2, 0.25) is 0 Å². The second-order valence-corrected chi connectivity index (χ2v) is 5.84. The van der Waals surface area contributed by atoms with Crippen LogP contribution in [0.15, 0.2) is 30.3 Å². The van der Waals surface area contributed by atoms with E-state index in [9.17, 15) is 14.4 Å². The van der Waals surface area contributed by atoms with Crippen LogP contribution in [-0.2, 0) is 38.0 Å². The first kappa shape index (κ1) is 25.7. The van der Waals surface area contributed by atoms with Crippen LogP contribution in [-0.4, -0.2) is 83.8 Å².